The van der Waals surface area contributed by atoms with Crippen LogP contribution in [-0.4, -0.2) is 20.5 Å². The Bertz CT molecular complexity index is 824. The van der Waals surface area contributed by atoms with Crippen LogP contribution in [0.2, 0.25) is 0 Å². The first-order valence-electron chi connectivity index (χ1n) is 6.43. The van der Waals surface area contributed by atoms with Crippen LogP contribution in [0.5, 0.6) is 0 Å². The van der Waals surface area contributed by atoms with Crippen LogP contribution < -0.4 is 5.32 Å². The van der Waals surface area contributed by atoms with Gasteiger partial charge in [0.15, 0.2) is 5.65 Å². The summed E-state index contributed by atoms with van der Waals surface area (Å²) in [6.45, 7) is 3.71. The number of benzene rings is 1. The van der Waals surface area contributed by atoms with Crippen molar-refractivity contribution >= 4 is 17.2 Å². The van der Waals surface area contributed by atoms with Crippen LogP contribution in [-0.2, 0) is 0 Å². The van der Waals surface area contributed by atoms with E-state index in [0.29, 0.717) is 17.1 Å². The highest BCUT2D eigenvalue weighted by molar-refractivity contribution is 6.04. The zero-order valence-electron chi connectivity index (χ0n) is 11.6. The third-order valence-electron chi connectivity index (χ3n) is 3.09. The largest absolute Gasteiger partial charge is 0.321 e. The number of aryl methyl sites for hydroxylation is 2. The molecular formula is C15H13FN4O. The molecule has 0 aliphatic heterocycles. The predicted molar refractivity (Wildman–Crippen MR) is 76.8 cm³/mol. The lowest BCUT2D eigenvalue weighted by atomic mass is 10.2. The number of carbonyl (C=O) groups is 1. The molecule has 6 heteroatoms. The summed E-state index contributed by atoms with van der Waals surface area (Å²) in [5.41, 5.74) is 2.67. The molecule has 0 radical (unpaired) electrons. The topological polar surface area (TPSA) is 59.3 Å². The van der Waals surface area contributed by atoms with Crippen LogP contribution in [0, 0.1) is 19.7 Å². The summed E-state index contributed by atoms with van der Waals surface area (Å²) in [4.78, 5) is 16.4. The van der Waals surface area contributed by atoms with Gasteiger partial charge in [0.25, 0.3) is 5.91 Å². The van der Waals surface area contributed by atoms with E-state index in [0.717, 1.165) is 11.2 Å². The molecule has 0 aliphatic rings. The maximum absolute atomic E-state index is 12.9. The van der Waals surface area contributed by atoms with Crippen molar-refractivity contribution < 1.29 is 9.18 Å². The number of aromatic nitrogens is 3. The minimum absolute atomic E-state index is 0.300. The van der Waals surface area contributed by atoms with Crippen LogP contribution in [0.1, 0.15) is 21.7 Å². The van der Waals surface area contributed by atoms with E-state index in [4.69, 9.17) is 0 Å². The molecule has 21 heavy (non-hydrogen) atoms. The van der Waals surface area contributed by atoms with Crippen LogP contribution in [0.15, 0.2) is 36.5 Å². The van der Waals surface area contributed by atoms with Crippen molar-refractivity contribution in [2.75, 3.05) is 5.32 Å². The second-order valence-electron chi connectivity index (χ2n) is 4.80. The third-order valence-corrected chi connectivity index (χ3v) is 3.09. The molecule has 0 aliphatic carbocycles. The van der Waals surface area contributed by atoms with Gasteiger partial charge in [-0.3, -0.25) is 4.79 Å². The number of fused-ring (bicyclic) bond motifs is 1. The van der Waals surface area contributed by atoms with Crippen LogP contribution in [0.25, 0.3) is 5.65 Å². The Morgan fingerprint density at radius 3 is 2.67 bits per heavy atom. The minimum atomic E-state index is -0.373. The Morgan fingerprint density at radius 2 is 1.95 bits per heavy atom. The van der Waals surface area contributed by atoms with E-state index in [1.165, 1.54) is 24.3 Å². The average molecular weight is 284 g/mol. The molecule has 2 aromatic heterocycles. The fraction of sp³-hybridized carbons (Fsp3) is 0.133. The van der Waals surface area contributed by atoms with Crippen molar-refractivity contribution in [2.24, 2.45) is 0 Å². The van der Waals surface area contributed by atoms with E-state index in [-0.39, 0.29) is 11.7 Å². The molecule has 0 spiro atoms. The van der Waals surface area contributed by atoms with Gasteiger partial charge in [-0.15, -0.1) is 0 Å². The average Bonchev–Trinajstić information content (AvgIpc) is 2.80. The number of nitrogens with zero attached hydrogens (tertiary/aromatic N) is 3. The summed E-state index contributed by atoms with van der Waals surface area (Å²) < 4.78 is 14.5. The Morgan fingerprint density at radius 1 is 1.24 bits per heavy atom. The van der Waals surface area contributed by atoms with Crippen LogP contribution in [0.3, 0.4) is 0 Å². The molecule has 106 valence electrons. The first-order valence-corrected chi connectivity index (χ1v) is 6.43. The quantitative estimate of drug-likeness (QED) is 0.787. The number of halogens is 1. The van der Waals surface area contributed by atoms with E-state index in [2.05, 4.69) is 15.4 Å². The fourth-order valence-electron chi connectivity index (χ4n) is 2.13. The third kappa shape index (κ3) is 2.60. The van der Waals surface area contributed by atoms with Gasteiger partial charge in [-0.25, -0.2) is 13.9 Å². The van der Waals surface area contributed by atoms with Crippen molar-refractivity contribution in [1.29, 1.82) is 0 Å². The molecule has 3 aromatic rings. The summed E-state index contributed by atoms with van der Waals surface area (Å²) in [6, 6.07) is 7.21. The molecule has 1 N–H and O–H groups in total. The lowest BCUT2D eigenvalue weighted by Crippen LogP contribution is -2.12. The molecule has 0 fully saturated rings. The van der Waals surface area contributed by atoms with Crippen molar-refractivity contribution in [1.82, 2.24) is 14.6 Å². The zero-order valence-corrected chi connectivity index (χ0v) is 11.6. The molecule has 5 nitrogen and oxygen atoms in total. The minimum Gasteiger partial charge on any atom is -0.321 e. The molecule has 0 saturated heterocycles. The first kappa shape index (κ1) is 13.2. The van der Waals surface area contributed by atoms with E-state index >= 15 is 0 Å². The number of anilines is 1. The normalized spacial score (nSPS) is 10.8. The predicted octanol–water partition coefficient (Wildman–Crippen LogP) is 2.74. The number of rotatable bonds is 2. The Labute approximate surface area is 120 Å². The van der Waals surface area contributed by atoms with Gasteiger partial charge in [0.2, 0.25) is 0 Å². The first-order chi connectivity index (χ1) is 10.0. The number of hydrogen-bond acceptors (Lipinski definition) is 3. The smallest absolute Gasteiger partial charge is 0.255 e. The van der Waals surface area contributed by atoms with Gasteiger partial charge < -0.3 is 5.32 Å². The number of hydrogen-bond donors (Lipinski definition) is 1. The van der Waals surface area contributed by atoms with Crippen molar-refractivity contribution in [3.63, 3.8) is 0 Å². The van der Waals surface area contributed by atoms with Gasteiger partial charge >= 0.3 is 0 Å². The van der Waals surface area contributed by atoms with E-state index in [1.54, 1.807) is 10.7 Å². The summed E-state index contributed by atoms with van der Waals surface area (Å²) >= 11 is 0. The maximum Gasteiger partial charge on any atom is 0.255 e. The number of amides is 1. The number of carbonyl (C=O) groups excluding carboxylic acids is 1. The van der Waals surface area contributed by atoms with Gasteiger partial charge in [-0.1, -0.05) is 0 Å². The maximum atomic E-state index is 12.9. The van der Waals surface area contributed by atoms with E-state index in [1.807, 2.05) is 19.9 Å². The summed E-state index contributed by atoms with van der Waals surface area (Å²) in [6.07, 6.45) is 1.70. The molecule has 2 heterocycles. The van der Waals surface area contributed by atoms with Crippen molar-refractivity contribution in [3.8, 4) is 0 Å². The molecule has 0 atom stereocenters. The highest BCUT2D eigenvalue weighted by Gasteiger charge is 2.09. The Balaban J connectivity index is 1.90. The van der Waals surface area contributed by atoms with E-state index < -0.39 is 0 Å². The summed E-state index contributed by atoms with van der Waals surface area (Å²) in [5.74, 6) is -0.00685. The molecule has 0 unspecified atom stereocenters. The molecule has 1 amide bonds. The van der Waals surface area contributed by atoms with Crippen molar-refractivity contribution in [3.05, 3.63) is 59.3 Å². The van der Waals surface area contributed by atoms with Gasteiger partial charge in [-0.2, -0.15) is 5.10 Å². The monoisotopic (exact) mass is 284 g/mol. The Kier molecular flexibility index (Phi) is 3.13. The molecule has 0 bridgehead atoms. The van der Waals surface area contributed by atoms with Gasteiger partial charge in [-0.05, 0) is 49.7 Å². The summed E-state index contributed by atoms with van der Waals surface area (Å²) in [7, 11) is 0. The lowest BCUT2D eigenvalue weighted by Gasteiger charge is -2.07. The molecule has 0 saturated carbocycles. The molecular weight excluding hydrogens is 271 g/mol. The Hall–Kier alpha value is -2.76. The fourth-order valence-corrected chi connectivity index (χ4v) is 2.13. The highest BCUT2D eigenvalue weighted by Crippen LogP contribution is 2.16. The van der Waals surface area contributed by atoms with Crippen LogP contribution in [0.4, 0.5) is 10.1 Å². The standard InChI is InChI=1S/C15H13FN4O/c1-9-7-13(8-20-14(9)17-10(2)19-20)18-15(21)11-3-5-12(16)6-4-11/h3-8H,1-2H3,(H,18,21). The number of pyridine rings is 1. The SMILES string of the molecule is Cc1nc2c(C)cc(NC(=O)c3ccc(F)cc3)cn2n1. The van der Waals surface area contributed by atoms with Gasteiger partial charge in [0.05, 0.1) is 11.9 Å². The van der Waals surface area contributed by atoms with E-state index in [9.17, 15) is 9.18 Å². The number of nitrogens with one attached hydrogen (secondary N) is 1. The molecule has 3 rings (SSSR count). The van der Waals surface area contributed by atoms with Crippen molar-refractivity contribution in [2.45, 2.75) is 13.8 Å². The van der Waals surface area contributed by atoms with Gasteiger partial charge in [0, 0.05) is 5.56 Å². The van der Waals surface area contributed by atoms with Crippen LogP contribution >= 0.6 is 0 Å². The molecule has 1 aromatic carbocycles. The lowest BCUT2D eigenvalue weighted by molar-refractivity contribution is 0.102. The summed E-state index contributed by atoms with van der Waals surface area (Å²) in [5, 5.41) is 7.00. The zero-order chi connectivity index (χ0) is 15.0. The van der Waals surface area contributed by atoms with Gasteiger partial charge in [0.1, 0.15) is 11.6 Å². The second-order valence-corrected chi connectivity index (χ2v) is 4.80. The highest BCUT2D eigenvalue weighted by atomic mass is 19.1. The second kappa shape index (κ2) is 4.97.